The molecule has 2 N–H and O–H groups in total. The Morgan fingerprint density at radius 2 is 2.00 bits per heavy atom. The zero-order valence-corrected chi connectivity index (χ0v) is 20.0. The molecular weight excluding hydrogens is 436 g/mol. The molecule has 0 saturated carbocycles. The molecule has 7 nitrogen and oxygen atoms in total. The summed E-state index contributed by atoms with van der Waals surface area (Å²) in [6.07, 6.45) is 1.79. The molecule has 1 aliphatic rings. The Morgan fingerprint density at radius 1 is 1.21 bits per heavy atom. The van der Waals surface area contributed by atoms with Crippen molar-refractivity contribution in [1.29, 1.82) is 0 Å². The van der Waals surface area contributed by atoms with E-state index in [2.05, 4.69) is 32.8 Å². The minimum atomic E-state index is -0.940. The monoisotopic (exact) mass is 464 g/mol. The van der Waals surface area contributed by atoms with E-state index in [1.165, 1.54) is 0 Å². The minimum absolute atomic E-state index is 0.0783. The van der Waals surface area contributed by atoms with E-state index < -0.39 is 5.97 Å². The van der Waals surface area contributed by atoms with Crippen LogP contribution in [0.15, 0.2) is 48.7 Å². The fourth-order valence-electron chi connectivity index (χ4n) is 4.62. The van der Waals surface area contributed by atoms with E-state index in [0.717, 1.165) is 33.9 Å². The number of hydrogen-bond donors (Lipinski definition) is 2. The Bertz CT molecular complexity index is 1190. The van der Waals surface area contributed by atoms with Crippen molar-refractivity contribution >= 4 is 23.3 Å². The summed E-state index contributed by atoms with van der Waals surface area (Å²) in [5.74, 6) is -0.940. The third kappa shape index (κ3) is 4.24. The molecule has 2 atom stereocenters. The van der Waals surface area contributed by atoms with Crippen LogP contribution in [0, 0.1) is 20.8 Å². The molecule has 3 aromatic rings. The van der Waals surface area contributed by atoms with Gasteiger partial charge in [0.2, 0.25) is 0 Å². The number of methoxy groups -OCH3 is 1. The number of hydrogen-bond acceptors (Lipinski definition) is 4. The SMILES string of the molecule is COCCN1C(=S)N[C@H](c2ccccn2)[C@H]1c1cc(C)n(-c2cc(C(=O)O)ccc2C)c1C. The van der Waals surface area contributed by atoms with E-state index in [1.54, 1.807) is 25.4 Å². The second kappa shape index (κ2) is 9.33. The molecule has 1 aromatic carbocycles. The van der Waals surface area contributed by atoms with Crippen LogP contribution in [0.3, 0.4) is 0 Å². The summed E-state index contributed by atoms with van der Waals surface area (Å²) in [5, 5.41) is 13.6. The number of nitrogens with one attached hydrogen (secondary N) is 1. The summed E-state index contributed by atoms with van der Waals surface area (Å²) in [4.78, 5) is 18.4. The van der Waals surface area contributed by atoms with Crippen LogP contribution in [-0.4, -0.2) is 50.9 Å². The Balaban J connectivity index is 1.85. The summed E-state index contributed by atoms with van der Waals surface area (Å²) in [5.41, 5.74) is 6.23. The number of carboxylic acids is 1. The van der Waals surface area contributed by atoms with Gasteiger partial charge in [0.05, 0.1) is 29.9 Å². The predicted octanol–water partition coefficient (Wildman–Crippen LogP) is 4.11. The summed E-state index contributed by atoms with van der Waals surface area (Å²) in [7, 11) is 1.68. The highest BCUT2D eigenvalue weighted by molar-refractivity contribution is 7.80. The zero-order chi connectivity index (χ0) is 23.7. The van der Waals surface area contributed by atoms with Gasteiger partial charge >= 0.3 is 5.97 Å². The molecule has 2 aromatic heterocycles. The zero-order valence-electron chi connectivity index (χ0n) is 19.2. The summed E-state index contributed by atoms with van der Waals surface area (Å²) >= 11 is 5.71. The Hall–Kier alpha value is -3.23. The Labute approximate surface area is 199 Å². The molecule has 172 valence electrons. The maximum atomic E-state index is 11.6. The van der Waals surface area contributed by atoms with E-state index in [9.17, 15) is 9.90 Å². The van der Waals surface area contributed by atoms with Crippen LogP contribution in [0.25, 0.3) is 5.69 Å². The van der Waals surface area contributed by atoms with Gasteiger partial charge in [-0.05, 0) is 74.4 Å². The van der Waals surface area contributed by atoms with Gasteiger partial charge in [-0.2, -0.15) is 0 Å². The van der Waals surface area contributed by atoms with Gasteiger partial charge in [-0.3, -0.25) is 4.98 Å². The second-order valence-corrected chi connectivity index (χ2v) is 8.67. The average Bonchev–Trinajstić information content (AvgIpc) is 3.28. The van der Waals surface area contributed by atoms with Gasteiger partial charge in [-0.1, -0.05) is 12.1 Å². The van der Waals surface area contributed by atoms with Crippen molar-refractivity contribution in [2.24, 2.45) is 0 Å². The van der Waals surface area contributed by atoms with Crippen molar-refractivity contribution in [2.75, 3.05) is 20.3 Å². The van der Waals surface area contributed by atoms with Crippen LogP contribution >= 0.6 is 12.2 Å². The lowest BCUT2D eigenvalue weighted by Gasteiger charge is -2.28. The fraction of sp³-hybridized carbons (Fsp3) is 0.320. The smallest absolute Gasteiger partial charge is 0.335 e. The number of pyridine rings is 1. The summed E-state index contributed by atoms with van der Waals surface area (Å²) in [6, 6.07) is 13.1. The number of carboxylic acid groups (broad SMARTS) is 1. The molecule has 0 bridgehead atoms. The maximum Gasteiger partial charge on any atom is 0.335 e. The predicted molar refractivity (Wildman–Crippen MR) is 131 cm³/mol. The number of ether oxygens (including phenoxy) is 1. The van der Waals surface area contributed by atoms with Gasteiger partial charge in [-0.25, -0.2) is 4.79 Å². The first-order chi connectivity index (χ1) is 15.8. The molecule has 0 aliphatic carbocycles. The lowest BCUT2D eigenvalue weighted by atomic mass is 9.97. The molecule has 3 heterocycles. The van der Waals surface area contributed by atoms with Crippen LogP contribution in [0.2, 0.25) is 0 Å². The van der Waals surface area contributed by atoms with Crippen molar-refractivity contribution in [3.8, 4) is 5.69 Å². The van der Waals surface area contributed by atoms with Crippen LogP contribution < -0.4 is 5.32 Å². The molecule has 0 amide bonds. The molecule has 0 spiro atoms. The van der Waals surface area contributed by atoms with Crippen molar-refractivity contribution in [3.63, 3.8) is 0 Å². The van der Waals surface area contributed by atoms with E-state index in [4.69, 9.17) is 17.0 Å². The Kier molecular flexibility index (Phi) is 6.49. The molecule has 4 rings (SSSR count). The van der Waals surface area contributed by atoms with E-state index >= 15 is 0 Å². The quantitative estimate of drug-likeness (QED) is 0.509. The maximum absolute atomic E-state index is 11.6. The normalized spacial score (nSPS) is 17.9. The van der Waals surface area contributed by atoms with Crippen LogP contribution in [0.1, 0.15) is 50.7 Å². The van der Waals surface area contributed by atoms with Crippen LogP contribution in [0.4, 0.5) is 0 Å². The first-order valence-corrected chi connectivity index (χ1v) is 11.2. The van der Waals surface area contributed by atoms with Crippen LogP contribution in [0.5, 0.6) is 0 Å². The van der Waals surface area contributed by atoms with E-state index in [1.807, 2.05) is 38.1 Å². The number of carbonyl (C=O) groups is 1. The first-order valence-electron chi connectivity index (χ1n) is 10.8. The van der Waals surface area contributed by atoms with Gasteiger partial charge < -0.3 is 24.6 Å². The van der Waals surface area contributed by atoms with Crippen LogP contribution in [-0.2, 0) is 4.74 Å². The standard InChI is InChI=1S/C25H28N4O3S/c1-15-8-9-18(24(30)31)14-21(15)29-16(2)13-19(17(29)3)23-22(20-7-5-6-10-26-20)27-25(33)28(23)11-12-32-4/h5-10,13-14,22-23H,11-12H2,1-4H3,(H,27,33)(H,30,31)/t22-,23-/m1/s1. The van der Waals surface area contributed by atoms with Crippen molar-refractivity contribution in [1.82, 2.24) is 19.8 Å². The number of rotatable bonds is 7. The largest absolute Gasteiger partial charge is 0.478 e. The molecule has 0 radical (unpaired) electrons. The summed E-state index contributed by atoms with van der Waals surface area (Å²) in [6.45, 7) is 7.30. The highest BCUT2D eigenvalue weighted by atomic mass is 32.1. The van der Waals surface area contributed by atoms with Crippen molar-refractivity contribution < 1.29 is 14.6 Å². The third-order valence-electron chi connectivity index (χ3n) is 6.22. The van der Waals surface area contributed by atoms with E-state index in [0.29, 0.717) is 18.3 Å². The highest BCUT2D eigenvalue weighted by Gasteiger charge is 2.41. The highest BCUT2D eigenvalue weighted by Crippen LogP contribution is 2.41. The van der Waals surface area contributed by atoms with E-state index in [-0.39, 0.29) is 17.6 Å². The van der Waals surface area contributed by atoms with Crippen molar-refractivity contribution in [3.05, 3.63) is 82.4 Å². The van der Waals surface area contributed by atoms with Gasteiger partial charge in [-0.15, -0.1) is 0 Å². The van der Waals surface area contributed by atoms with Gasteiger partial charge in [0, 0.05) is 36.9 Å². The number of aryl methyl sites for hydroxylation is 2. The summed E-state index contributed by atoms with van der Waals surface area (Å²) < 4.78 is 7.48. The molecular formula is C25H28N4O3S. The number of benzene rings is 1. The molecule has 1 saturated heterocycles. The van der Waals surface area contributed by atoms with Gasteiger partial charge in [0.1, 0.15) is 0 Å². The minimum Gasteiger partial charge on any atom is -0.478 e. The molecule has 0 unspecified atom stereocenters. The number of aromatic nitrogens is 2. The van der Waals surface area contributed by atoms with Crippen molar-refractivity contribution in [2.45, 2.75) is 32.9 Å². The lowest BCUT2D eigenvalue weighted by Crippen LogP contribution is -2.32. The average molecular weight is 465 g/mol. The van der Waals surface area contributed by atoms with Gasteiger partial charge in [0.15, 0.2) is 5.11 Å². The molecule has 33 heavy (non-hydrogen) atoms. The Morgan fingerprint density at radius 3 is 2.67 bits per heavy atom. The lowest BCUT2D eigenvalue weighted by molar-refractivity contribution is 0.0697. The van der Waals surface area contributed by atoms with Gasteiger partial charge in [0.25, 0.3) is 0 Å². The molecule has 1 fully saturated rings. The molecule has 1 aliphatic heterocycles. The molecule has 8 heteroatoms. The topological polar surface area (TPSA) is 79.6 Å². The fourth-order valence-corrected chi connectivity index (χ4v) is 4.95. The third-order valence-corrected chi connectivity index (χ3v) is 6.57. The second-order valence-electron chi connectivity index (χ2n) is 8.28. The first kappa shape index (κ1) is 22.9. The number of thiocarbonyl (C=S) groups is 1. The number of nitrogens with zero attached hydrogens (tertiary/aromatic N) is 3. The number of aromatic carboxylic acids is 1.